The lowest BCUT2D eigenvalue weighted by atomic mass is 10.3. The van der Waals surface area contributed by atoms with Gasteiger partial charge in [-0.05, 0) is 12.1 Å². The second-order valence-electron chi connectivity index (χ2n) is 3.11. The van der Waals surface area contributed by atoms with E-state index in [1.165, 1.54) is 7.11 Å². The first kappa shape index (κ1) is 11.9. The molecule has 0 radical (unpaired) electrons. The van der Waals surface area contributed by atoms with Crippen molar-refractivity contribution in [2.75, 3.05) is 20.3 Å². The van der Waals surface area contributed by atoms with Crippen molar-refractivity contribution in [2.24, 2.45) is 5.73 Å². The summed E-state index contributed by atoms with van der Waals surface area (Å²) in [6, 6.07) is 3.56. The van der Waals surface area contributed by atoms with Crippen molar-refractivity contribution in [3.05, 3.63) is 24.0 Å². The van der Waals surface area contributed by atoms with Crippen molar-refractivity contribution < 1.29 is 14.6 Å². The molecule has 0 aliphatic rings. The fraction of sp³-hybridized carbons (Fsp3) is 0.500. The van der Waals surface area contributed by atoms with Crippen molar-refractivity contribution in [1.29, 1.82) is 0 Å². The van der Waals surface area contributed by atoms with Gasteiger partial charge in [-0.3, -0.25) is 4.98 Å². The number of hydrogen-bond donors (Lipinski definition) is 2. The molecule has 0 saturated heterocycles. The van der Waals surface area contributed by atoms with Gasteiger partial charge < -0.3 is 20.3 Å². The van der Waals surface area contributed by atoms with Gasteiger partial charge in [-0.1, -0.05) is 0 Å². The number of pyridine rings is 1. The Balaban J connectivity index is 2.37. The molecule has 1 heterocycles. The van der Waals surface area contributed by atoms with Gasteiger partial charge in [-0.25, -0.2) is 0 Å². The highest BCUT2D eigenvalue weighted by molar-refractivity contribution is 5.19. The Morgan fingerprint density at radius 1 is 1.47 bits per heavy atom. The number of ether oxygens (including phenoxy) is 2. The molecule has 0 amide bonds. The first-order valence-electron chi connectivity index (χ1n) is 4.71. The number of aromatic nitrogens is 1. The molecule has 0 aliphatic carbocycles. The second kappa shape index (κ2) is 6.34. The average molecular weight is 212 g/mol. The second-order valence-corrected chi connectivity index (χ2v) is 3.11. The minimum atomic E-state index is -0.621. The zero-order valence-electron chi connectivity index (χ0n) is 8.72. The molecule has 5 nitrogen and oxygen atoms in total. The van der Waals surface area contributed by atoms with E-state index in [4.69, 9.17) is 15.2 Å². The van der Waals surface area contributed by atoms with Crippen LogP contribution >= 0.6 is 0 Å². The molecule has 1 atom stereocenters. The topological polar surface area (TPSA) is 77.6 Å². The smallest absolute Gasteiger partial charge is 0.137 e. The molecule has 15 heavy (non-hydrogen) atoms. The van der Waals surface area contributed by atoms with Gasteiger partial charge in [0.1, 0.15) is 18.5 Å². The van der Waals surface area contributed by atoms with Crippen LogP contribution in [0.5, 0.6) is 5.75 Å². The van der Waals surface area contributed by atoms with Crippen LogP contribution in [0.3, 0.4) is 0 Å². The zero-order chi connectivity index (χ0) is 11.1. The predicted molar refractivity (Wildman–Crippen MR) is 55.5 cm³/mol. The molecule has 84 valence electrons. The molecule has 1 rings (SSSR count). The Kier molecular flexibility index (Phi) is 5.03. The number of aliphatic hydroxyl groups is 1. The molecule has 1 aromatic heterocycles. The van der Waals surface area contributed by atoms with Crippen LogP contribution in [0, 0.1) is 0 Å². The van der Waals surface area contributed by atoms with Gasteiger partial charge in [-0.15, -0.1) is 0 Å². The van der Waals surface area contributed by atoms with Crippen molar-refractivity contribution in [1.82, 2.24) is 4.98 Å². The normalized spacial score (nSPS) is 12.5. The van der Waals surface area contributed by atoms with Crippen molar-refractivity contribution >= 4 is 0 Å². The quantitative estimate of drug-likeness (QED) is 0.690. The third-order valence-electron chi connectivity index (χ3n) is 1.81. The van der Waals surface area contributed by atoms with Crippen LogP contribution in [0.15, 0.2) is 18.3 Å². The van der Waals surface area contributed by atoms with E-state index in [1.807, 2.05) is 0 Å². The summed E-state index contributed by atoms with van der Waals surface area (Å²) in [6.45, 7) is 0.860. The van der Waals surface area contributed by atoms with Gasteiger partial charge in [0.25, 0.3) is 0 Å². The predicted octanol–water partition coefficient (Wildman–Crippen LogP) is -0.0736. The maximum atomic E-state index is 9.32. The van der Waals surface area contributed by atoms with Crippen LogP contribution < -0.4 is 10.5 Å². The summed E-state index contributed by atoms with van der Waals surface area (Å²) >= 11 is 0. The molecule has 0 aromatic carbocycles. The number of methoxy groups -OCH3 is 1. The molecule has 1 aromatic rings. The fourth-order valence-corrected chi connectivity index (χ4v) is 1.05. The summed E-state index contributed by atoms with van der Waals surface area (Å²) in [5.74, 6) is 0.613. The lowest BCUT2D eigenvalue weighted by Crippen LogP contribution is -2.22. The highest BCUT2D eigenvalue weighted by Crippen LogP contribution is 2.09. The van der Waals surface area contributed by atoms with E-state index in [2.05, 4.69) is 4.98 Å². The minimum absolute atomic E-state index is 0.192. The highest BCUT2D eigenvalue weighted by Gasteiger charge is 2.04. The van der Waals surface area contributed by atoms with E-state index in [0.717, 1.165) is 5.69 Å². The summed E-state index contributed by atoms with van der Waals surface area (Å²) in [5.41, 5.74) is 6.21. The molecule has 3 N–H and O–H groups in total. The van der Waals surface area contributed by atoms with Gasteiger partial charge in [-0.2, -0.15) is 0 Å². The van der Waals surface area contributed by atoms with E-state index in [-0.39, 0.29) is 13.2 Å². The van der Waals surface area contributed by atoms with Crippen LogP contribution in [-0.4, -0.2) is 36.5 Å². The van der Waals surface area contributed by atoms with Crippen molar-refractivity contribution in [2.45, 2.75) is 12.6 Å². The molecular formula is C10H16N2O3. The Labute approximate surface area is 88.8 Å². The number of aliphatic hydroxyl groups excluding tert-OH is 1. The lowest BCUT2D eigenvalue weighted by molar-refractivity contribution is 0.0324. The van der Waals surface area contributed by atoms with E-state index in [0.29, 0.717) is 12.3 Å². The van der Waals surface area contributed by atoms with E-state index < -0.39 is 6.10 Å². The number of rotatable bonds is 6. The maximum Gasteiger partial charge on any atom is 0.137 e. The maximum absolute atomic E-state index is 9.32. The molecule has 1 unspecified atom stereocenters. The molecule has 0 fully saturated rings. The Bertz CT molecular complexity index is 277. The van der Waals surface area contributed by atoms with E-state index >= 15 is 0 Å². The van der Waals surface area contributed by atoms with Gasteiger partial charge >= 0.3 is 0 Å². The third-order valence-corrected chi connectivity index (χ3v) is 1.81. The van der Waals surface area contributed by atoms with Crippen LogP contribution in [-0.2, 0) is 11.3 Å². The SMILES string of the molecule is COCC(O)COc1ccc(CN)nc1. The summed E-state index contributed by atoms with van der Waals surface area (Å²) in [7, 11) is 1.53. The molecule has 0 spiro atoms. The lowest BCUT2D eigenvalue weighted by Gasteiger charge is -2.11. The van der Waals surface area contributed by atoms with Gasteiger partial charge in [0.2, 0.25) is 0 Å². The zero-order valence-corrected chi connectivity index (χ0v) is 8.72. The largest absolute Gasteiger partial charge is 0.489 e. The Morgan fingerprint density at radius 2 is 2.27 bits per heavy atom. The molecule has 5 heteroatoms. The molecule has 0 bridgehead atoms. The summed E-state index contributed by atoms with van der Waals surface area (Å²) in [4.78, 5) is 4.06. The Hall–Kier alpha value is -1.17. The first-order chi connectivity index (χ1) is 7.26. The third kappa shape index (κ3) is 4.24. The highest BCUT2D eigenvalue weighted by atomic mass is 16.5. The number of nitrogens with two attached hydrogens (primary N) is 1. The average Bonchev–Trinajstić information content (AvgIpc) is 2.27. The molecule has 0 aliphatic heterocycles. The van der Waals surface area contributed by atoms with Gasteiger partial charge in [0.05, 0.1) is 18.5 Å². The summed E-state index contributed by atoms with van der Waals surface area (Å²) in [5, 5.41) is 9.32. The van der Waals surface area contributed by atoms with Crippen molar-refractivity contribution in [3.8, 4) is 5.75 Å². The van der Waals surface area contributed by atoms with Crippen molar-refractivity contribution in [3.63, 3.8) is 0 Å². The standard InChI is InChI=1S/C10H16N2O3/c1-14-6-9(13)7-15-10-3-2-8(4-11)12-5-10/h2-3,5,9,13H,4,6-7,11H2,1H3. The van der Waals surface area contributed by atoms with Gasteiger partial charge in [0.15, 0.2) is 0 Å². The number of hydrogen-bond acceptors (Lipinski definition) is 5. The van der Waals surface area contributed by atoms with Crippen LogP contribution in [0.25, 0.3) is 0 Å². The summed E-state index contributed by atoms with van der Waals surface area (Å²) < 4.78 is 10.1. The number of nitrogens with zero attached hydrogens (tertiary/aromatic N) is 1. The van der Waals surface area contributed by atoms with E-state index in [1.54, 1.807) is 18.3 Å². The van der Waals surface area contributed by atoms with Crippen LogP contribution in [0.1, 0.15) is 5.69 Å². The Morgan fingerprint density at radius 3 is 2.80 bits per heavy atom. The first-order valence-corrected chi connectivity index (χ1v) is 4.71. The van der Waals surface area contributed by atoms with Gasteiger partial charge in [0, 0.05) is 13.7 Å². The monoisotopic (exact) mass is 212 g/mol. The molecule has 0 saturated carbocycles. The minimum Gasteiger partial charge on any atom is -0.489 e. The fourth-order valence-electron chi connectivity index (χ4n) is 1.05. The molecular weight excluding hydrogens is 196 g/mol. The van der Waals surface area contributed by atoms with E-state index in [9.17, 15) is 5.11 Å². The van der Waals surface area contributed by atoms with Crippen LogP contribution in [0.4, 0.5) is 0 Å². The summed E-state index contributed by atoms with van der Waals surface area (Å²) in [6.07, 6.45) is 0.964. The van der Waals surface area contributed by atoms with Crippen LogP contribution in [0.2, 0.25) is 0 Å².